The zero-order valence-corrected chi connectivity index (χ0v) is 9.46. The normalized spacial score (nSPS) is 7.27. The summed E-state index contributed by atoms with van der Waals surface area (Å²) in [6.07, 6.45) is 3.38. The van der Waals surface area contributed by atoms with Crippen LogP contribution in [-0.4, -0.2) is 4.98 Å². The molecule has 0 aliphatic rings. The molecule has 1 radical (unpaired) electrons. The Kier molecular flexibility index (Phi) is 7.91. The number of nitrogens with zero attached hydrogens (tertiary/aromatic N) is 1. The predicted molar refractivity (Wildman–Crippen MR) is 43.9 cm³/mol. The van der Waals surface area contributed by atoms with E-state index in [1.165, 1.54) is 0 Å². The van der Waals surface area contributed by atoms with Gasteiger partial charge in [-0.05, 0) is 12.1 Å². The first-order chi connectivity index (χ1) is 4.30. The predicted octanol–water partition coefficient (Wildman–Crippen LogP) is 1.46. The molecule has 0 unspecified atom stereocenters. The van der Waals surface area contributed by atoms with E-state index >= 15 is 0 Å². The molecule has 1 aromatic heterocycles. The third kappa shape index (κ3) is 4.28. The maximum Gasteiger partial charge on any atom is 0.0360 e. The van der Waals surface area contributed by atoms with Crippen molar-refractivity contribution < 1.29 is 32.7 Å². The van der Waals surface area contributed by atoms with E-state index in [1.807, 2.05) is 12.1 Å². The SMILES string of the molecule is C=C(N)c1cccnc1.[CH3-].[Y]. The van der Waals surface area contributed by atoms with Gasteiger partial charge in [-0.3, -0.25) is 4.98 Å². The summed E-state index contributed by atoms with van der Waals surface area (Å²) in [5, 5.41) is 0. The van der Waals surface area contributed by atoms with Gasteiger partial charge in [-0.25, -0.2) is 0 Å². The van der Waals surface area contributed by atoms with E-state index in [0.717, 1.165) is 5.56 Å². The molecular weight excluding hydrogens is 213 g/mol. The van der Waals surface area contributed by atoms with E-state index in [0.29, 0.717) is 5.70 Å². The van der Waals surface area contributed by atoms with Crippen LogP contribution in [-0.2, 0) is 32.7 Å². The molecule has 3 heteroatoms. The summed E-state index contributed by atoms with van der Waals surface area (Å²) in [4.78, 5) is 3.87. The molecule has 0 amide bonds. The Bertz CT molecular complexity index is 209. The first-order valence-electron chi connectivity index (χ1n) is 2.65. The number of hydrogen-bond donors (Lipinski definition) is 1. The van der Waals surface area contributed by atoms with Crippen LogP contribution in [0.3, 0.4) is 0 Å². The fraction of sp³-hybridized carbons (Fsp3) is 0. The molecule has 0 saturated carbocycles. The molecule has 0 aliphatic carbocycles. The summed E-state index contributed by atoms with van der Waals surface area (Å²) in [7, 11) is 0. The fourth-order valence-electron chi connectivity index (χ4n) is 0.553. The van der Waals surface area contributed by atoms with Crippen molar-refractivity contribution in [2.24, 2.45) is 5.73 Å². The molecule has 0 saturated heterocycles. The molecule has 2 N–H and O–H groups in total. The third-order valence-electron chi connectivity index (χ3n) is 1.03. The summed E-state index contributed by atoms with van der Waals surface area (Å²) < 4.78 is 0. The molecule has 0 bridgehead atoms. The van der Waals surface area contributed by atoms with Gasteiger partial charge in [0.05, 0.1) is 0 Å². The number of hydrogen-bond acceptors (Lipinski definition) is 2. The van der Waals surface area contributed by atoms with Gasteiger partial charge in [0.2, 0.25) is 0 Å². The zero-order chi connectivity index (χ0) is 6.69. The van der Waals surface area contributed by atoms with Crippen LogP contribution in [0.5, 0.6) is 0 Å². The van der Waals surface area contributed by atoms with Crippen molar-refractivity contribution in [3.05, 3.63) is 44.1 Å². The summed E-state index contributed by atoms with van der Waals surface area (Å²) in [5.41, 5.74) is 6.82. The molecule has 0 aliphatic heterocycles. The maximum absolute atomic E-state index is 5.38. The van der Waals surface area contributed by atoms with E-state index in [-0.39, 0.29) is 40.1 Å². The van der Waals surface area contributed by atoms with Gasteiger partial charge in [-0.15, -0.1) is 0 Å². The Morgan fingerprint density at radius 2 is 2.18 bits per heavy atom. The minimum absolute atomic E-state index is 0. The average Bonchev–Trinajstić information content (AvgIpc) is 1.90. The molecule has 1 rings (SSSR count). The second kappa shape index (κ2) is 6.50. The van der Waals surface area contributed by atoms with E-state index in [1.54, 1.807) is 12.4 Å². The second-order valence-electron chi connectivity index (χ2n) is 1.77. The van der Waals surface area contributed by atoms with E-state index in [9.17, 15) is 0 Å². The monoisotopic (exact) mass is 224 g/mol. The van der Waals surface area contributed by atoms with Crippen LogP contribution in [0, 0.1) is 7.43 Å². The molecule has 1 heterocycles. The van der Waals surface area contributed by atoms with Gasteiger partial charge in [0.25, 0.3) is 0 Å². The van der Waals surface area contributed by atoms with Crippen LogP contribution in [0.1, 0.15) is 5.56 Å². The molecule has 57 valence electrons. The minimum Gasteiger partial charge on any atom is -0.399 e. The first kappa shape index (κ1) is 13.4. The molecule has 11 heavy (non-hydrogen) atoms. The van der Waals surface area contributed by atoms with Gasteiger partial charge in [0, 0.05) is 56.4 Å². The standard InChI is InChI=1S/C7H8N2.CH3.Y/c1-6(8)7-3-2-4-9-5-7;;/h2-5H,1,8H2;1H3;/q;-1;. The number of nitrogens with two attached hydrogens (primary N) is 1. The molecule has 0 atom stereocenters. The molecule has 2 nitrogen and oxygen atoms in total. The van der Waals surface area contributed by atoms with E-state index in [2.05, 4.69) is 11.6 Å². The third-order valence-corrected chi connectivity index (χ3v) is 1.03. The van der Waals surface area contributed by atoms with E-state index in [4.69, 9.17) is 5.73 Å². The zero-order valence-electron chi connectivity index (χ0n) is 6.62. The molecular formula is C8H11N2Y-. The molecule has 0 fully saturated rings. The van der Waals surface area contributed by atoms with Crippen molar-refractivity contribution in [3.8, 4) is 0 Å². The first-order valence-corrected chi connectivity index (χ1v) is 2.65. The van der Waals surface area contributed by atoms with Crippen molar-refractivity contribution in [1.29, 1.82) is 0 Å². The largest absolute Gasteiger partial charge is 0.399 e. The average molecular weight is 224 g/mol. The smallest absolute Gasteiger partial charge is 0.0360 e. The molecule has 1 aromatic rings. The van der Waals surface area contributed by atoms with Gasteiger partial charge in [-0.1, -0.05) is 6.58 Å². The Labute approximate surface area is 92.8 Å². The second-order valence-corrected chi connectivity index (χ2v) is 1.77. The summed E-state index contributed by atoms with van der Waals surface area (Å²) in [6.45, 7) is 3.56. The van der Waals surface area contributed by atoms with Crippen LogP contribution < -0.4 is 5.73 Å². The number of pyridine rings is 1. The van der Waals surface area contributed by atoms with Gasteiger partial charge < -0.3 is 13.2 Å². The van der Waals surface area contributed by atoms with Gasteiger partial charge in [0.1, 0.15) is 0 Å². The number of aromatic nitrogens is 1. The van der Waals surface area contributed by atoms with Crippen molar-refractivity contribution in [3.63, 3.8) is 0 Å². The van der Waals surface area contributed by atoms with Gasteiger partial charge in [-0.2, -0.15) is 0 Å². The van der Waals surface area contributed by atoms with Crippen LogP contribution >= 0.6 is 0 Å². The van der Waals surface area contributed by atoms with Crippen molar-refractivity contribution in [1.82, 2.24) is 4.98 Å². The van der Waals surface area contributed by atoms with Gasteiger partial charge >= 0.3 is 0 Å². The van der Waals surface area contributed by atoms with Crippen LogP contribution in [0.4, 0.5) is 0 Å². The summed E-state index contributed by atoms with van der Waals surface area (Å²) in [6, 6.07) is 3.70. The summed E-state index contributed by atoms with van der Waals surface area (Å²) in [5.74, 6) is 0. The topological polar surface area (TPSA) is 38.9 Å². The summed E-state index contributed by atoms with van der Waals surface area (Å²) >= 11 is 0. The van der Waals surface area contributed by atoms with Crippen molar-refractivity contribution in [2.45, 2.75) is 0 Å². The van der Waals surface area contributed by atoms with Crippen molar-refractivity contribution in [2.75, 3.05) is 0 Å². The maximum atomic E-state index is 5.38. The molecule has 0 spiro atoms. The fourth-order valence-corrected chi connectivity index (χ4v) is 0.553. The quantitative estimate of drug-likeness (QED) is 0.733. The van der Waals surface area contributed by atoms with Crippen LogP contribution in [0.2, 0.25) is 0 Å². The Morgan fingerprint density at radius 1 is 1.55 bits per heavy atom. The molecule has 0 aromatic carbocycles. The van der Waals surface area contributed by atoms with Crippen LogP contribution in [0.25, 0.3) is 5.70 Å². The Hall–Kier alpha value is -0.206. The van der Waals surface area contributed by atoms with E-state index < -0.39 is 0 Å². The van der Waals surface area contributed by atoms with Crippen molar-refractivity contribution >= 4 is 5.70 Å². The minimum atomic E-state index is 0. The van der Waals surface area contributed by atoms with Crippen LogP contribution in [0.15, 0.2) is 31.1 Å². The Balaban J connectivity index is 0. The Morgan fingerprint density at radius 3 is 2.45 bits per heavy atom. The van der Waals surface area contributed by atoms with Gasteiger partial charge in [0.15, 0.2) is 0 Å². The number of rotatable bonds is 1.